The third-order valence-corrected chi connectivity index (χ3v) is 3.73. The standard InChI is InChI=1S/C15H17Cl2F2N5/c1-2-20-15(22-8-10-3-4-11(16)7-12(10)17)23-9-13-21-5-6-24(13)14(18)19/h3-7,14H,2,8-9H2,1H3,(H2,20,22,23). The Labute approximate surface area is 148 Å². The van der Waals surface area contributed by atoms with Crippen molar-refractivity contribution in [2.75, 3.05) is 6.54 Å². The molecule has 0 amide bonds. The second kappa shape index (κ2) is 8.84. The van der Waals surface area contributed by atoms with Crippen molar-refractivity contribution in [2.45, 2.75) is 26.6 Å². The van der Waals surface area contributed by atoms with Gasteiger partial charge in [0.05, 0.1) is 13.1 Å². The van der Waals surface area contributed by atoms with Crippen LogP contribution >= 0.6 is 23.2 Å². The van der Waals surface area contributed by atoms with E-state index in [0.29, 0.717) is 29.1 Å². The number of hydrogen-bond donors (Lipinski definition) is 2. The summed E-state index contributed by atoms with van der Waals surface area (Å²) in [5, 5.41) is 7.09. The van der Waals surface area contributed by atoms with E-state index in [-0.39, 0.29) is 12.4 Å². The van der Waals surface area contributed by atoms with Gasteiger partial charge >= 0.3 is 6.55 Å². The second-order valence-electron chi connectivity index (χ2n) is 4.81. The maximum atomic E-state index is 12.8. The average Bonchev–Trinajstić information content (AvgIpc) is 3.00. The van der Waals surface area contributed by atoms with Crippen molar-refractivity contribution in [2.24, 2.45) is 4.99 Å². The van der Waals surface area contributed by atoms with Gasteiger partial charge in [-0.1, -0.05) is 29.3 Å². The van der Waals surface area contributed by atoms with E-state index in [1.807, 2.05) is 6.92 Å². The zero-order valence-electron chi connectivity index (χ0n) is 12.9. The fourth-order valence-corrected chi connectivity index (χ4v) is 2.45. The van der Waals surface area contributed by atoms with Crippen LogP contribution in [0.25, 0.3) is 0 Å². The molecule has 1 heterocycles. The first-order valence-electron chi connectivity index (χ1n) is 7.27. The van der Waals surface area contributed by atoms with Crippen LogP contribution in [-0.4, -0.2) is 22.1 Å². The summed E-state index contributed by atoms with van der Waals surface area (Å²) in [6.07, 6.45) is 2.57. The van der Waals surface area contributed by atoms with Crippen LogP contribution in [0.3, 0.4) is 0 Å². The molecule has 0 bridgehead atoms. The lowest BCUT2D eigenvalue weighted by atomic mass is 10.2. The van der Waals surface area contributed by atoms with Crippen molar-refractivity contribution in [3.63, 3.8) is 0 Å². The Hall–Kier alpha value is -1.86. The highest BCUT2D eigenvalue weighted by Gasteiger charge is 2.11. The van der Waals surface area contributed by atoms with Gasteiger partial charge in [-0.2, -0.15) is 8.78 Å². The molecule has 0 atom stereocenters. The molecule has 0 spiro atoms. The van der Waals surface area contributed by atoms with Gasteiger partial charge in [0.1, 0.15) is 5.82 Å². The Bertz CT molecular complexity index is 703. The maximum absolute atomic E-state index is 12.8. The summed E-state index contributed by atoms with van der Waals surface area (Å²) in [5.41, 5.74) is 0.812. The summed E-state index contributed by atoms with van der Waals surface area (Å²) >= 11 is 12.0. The highest BCUT2D eigenvalue weighted by molar-refractivity contribution is 6.35. The summed E-state index contributed by atoms with van der Waals surface area (Å²) in [5.74, 6) is 0.701. The van der Waals surface area contributed by atoms with Crippen LogP contribution in [0.2, 0.25) is 10.0 Å². The lowest BCUT2D eigenvalue weighted by Crippen LogP contribution is -2.37. The molecule has 0 saturated heterocycles. The minimum absolute atomic E-state index is 0.123. The van der Waals surface area contributed by atoms with Gasteiger partial charge in [0.2, 0.25) is 0 Å². The number of benzene rings is 1. The summed E-state index contributed by atoms with van der Waals surface area (Å²) in [6, 6.07) is 5.17. The lowest BCUT2D eigenvalue weighted by Gasteiger charge is -2.12. The molecule has 0 unspecified atom stereocenters. The number of hydrogen-bond acceptors (Lipinski definition) is 2. The van der Waals surface area contributed by atoms with Gasteiger partial charge in [0, 0.05) is 29.0 Å². The van der Waals surface area contributed by atoms with Gasteiger partial charge in [-0.05, 0) is 24.6 Å². The number of aromatic nitrogens is 2. The van der Waals surface area contributed by atoms with Gasteiger partial charge in [0.25, 0.3) is 0 Å². The molecule has 2 rings (SSSR count). The third-order valence-electron chi connectivity index (χ3n) is 3.14. The van der Waals surface area contributed by atoms with Crippen molar-refractivity contribution in [1.29, 1.82) is 0 Å². The molecule has 9 heteroatoms. The number of alkyl halides is 2. The number of nitrogens with one attached hydrogen (secondary N) is 2. The molecule has 0 aliphatic rings. The van der Waals surface area contributed by atoms with Crippen molar-refractivity contribution in [3.8, 4) is 0 Å². The molecule has 2 N–H and O–H groups in total. The van der Waals surface area contributed by atoms with E-state index in [2.05, 4.69) is 20.6 Å². The number of aliphatic imine (C=N–C) groups is 1. The van der Waals surface area contributed by atoms with Crippen LogP contribution in [0.15, 0.2) is 35.6 Å². The first-order chi connectivity index (χ1) is 11.5. The molecule has 130 valence electrons. The average molecular weight is 376 g/mol. The van der Waals surface area contributed by atoms with Crippen LogP contribution in [0, 0.1) is 0 Å². The Morgan fingerprint density at radius 2 is 2.12 bits per heavy atom. The number of guanidine groups is 1. The smallest absolute Gasteiger partial charge is 0.319 e. The molecule has 0 fully saturated rings. The number of halogens is 4. The minimum atomic E-state index is -2.63. The predicted molar refractivity (Wildman–Crippen MR) is 91.6 cm³/mol. The normalized spacial score (nSPS) is 11.8. The third kappa shape index (κ3) is 5.07. The van der Waals surface area contributed by atoms with Gasteiger partial charge in [0.15, 0.2) is 5.96 Å². The van der Waals surface area contributed by atoms with Gasteiger partial charge in [-0.15, -0.1) is 0 Å². The topological polar surface area (TPSA) is 54.2 Å². The Balaban J connectivity index is 2.04. The monoisotopic (exact) mass is 375 g/mol. The minimum Gasteiger partial charge on any atom is -0.357 e. The number of nitrogens with zero attached hydrogens (tertiary/aromatic N) is 3. The van der Waals surface area contributed by atoms with Crippen molar-refractivity contribution < 1.29 is 8.78 Å². The van der Waals surface area contributed by atoms with Crippen molar-refractivity contribution in [3.05, 3.63) is 52.0 Å². The molecule has 0 radical (unpaired) electrons. The Morgan fingerprint density at radius 1 is 1.33 bits per heavy atom. The van der Waals surface area contributed by atoms with E-state index in [0.717, 1.165) is 10.1 Å². The highest BCUT2D eigenvalue weighted by Crippen LogP contribution is 2.21. The molecule has 2 aromatic rings. The molecule has 5 nitrogen and oxygen atoms in total. The first kappa shape index (κ1) is 18.5. The predicted octanol–water partition coefficient (Wildman–Crippen LogP) is 3.84. The Kier molecular flexibility index (Phi) is 6.81. The van der Waals surface area contributed by atoms with Gasteiger partial charge in [-0.25, -0.2) is 9.98 Å². The quantitative estimate of drug-likeness (QED) is 0.595. The molecule has 0 aliphatic carbocycles. The summed E-state index contributed by atoms with van der Waals surface area (Å²) < 4.78 is 26.4. The van der Waals surface area contributed by atoms with Crippen molar-refractivity contribution >= 4 is 29.2 Å². The van der Waals surface area contributed by atoms with Crippen LogP contribution in [0.1, 0.15) is 24.9 Å². The fraction of sp³-hybridized carbons (Fsp3) is 0.333. The zero-order chi connectivity index (χ0) is 17.5. The second-order valence-corrected chi connectivity index (χ2v) is 5.66. The summed E-state index contributed by atoms with van der Waals surface area (Å²) in [4.78, 5) is 8.30. The highest BCUT2D eigenvalue weighted by atomic mass is 35.5. The molecule has 0 saturated carbocycles. The molecule has 1 aromatic carbocycles. The van der Waals surface area contributed by atoms with Crippen LogP contribution in [0.5, 0.6) is 0 Å². The summed E-state index contributed by atoms with van der Waals surface area (Å²) in [6.45, 7) is 0.360. The Morgan fingerprint density at radius 3 is 2.79 bits per heavy atom. The van der Waals surface area contributed by atoms with Crippen LogP contribution in [-0.2, 0) is 13.1 Å². The lowest BCUT2D eigenvalue weighted by molar-refractivity contribution is 0.0668. The van der Waals surface area contributed by atoms with E-state index >= 15 is 0 Å². The largest absolute Gasteiger partial charge is 0.357 e. The van der Waals surface area contributed by atoms with Gasteiger partial charge in [-0.3, -0.25) is 4.57 Å². The van der Waals surface area contributed by atoms with Crippen LogP contribution in [0.4, 0.5) is 8.78 Å². The maximum Gasteiger partial charge on any atom is 0.319 e. The molecule has 0 aliphatic heterocycles. The van der Waals surface area contributed by atoms with E-state index in [4.69, 9.17) is 23.2 Å². The van der Waals surface area contributed by atoms with Crippen molar-refractivity contribution in [1.82, 2.24) is 20.2 Å². The first-order valence-corrected chi connectivity index (χ1v) is 8.02. The molecular weight excluding hydrogens is 359 g/mol. The summed E-state index contributed by atoms with van der Waals surface area (Å²) in [7, 11) is 0. The van der Waals surface area contributed by atoms with E-state index in [1.54, 1.807) is 18.2 Å². The van der Waals surface area contributed by atoms with E-state index < -0.39 is 6.55 Å². The van der Waals surface area contributed by atoms with E-state index in [9.17, 15) is 8.78 Å². The molecule has 1 aromatic heterocycles. The van der Waals surface area contributed by atoms with Gasteiger partial charge < -0.3 is 10.6 Å². The number of rotatable bonds is 6. The van der Waals surface area contributed by atoms with E-state index in [1.165, 1.54) is 12.4 Å². The molecule has 24 heavy (non-hydrogen) atoms. The SMILES string of the molecule is CCNC(=NCc1ccc(Cl)cc1Cl)NCc1nccn1C(F)F. The fourth-order valence-electron chi connectivity index (χ4n) is 1.98. The van der Waals surface area contributed by atoms with Crippen LogP contribution < -0.4 is 10.6 Å². The number of imidazole rings is 1. The zero-order valence-corrected chi connectivity index (χ0v) is 14.5. The molecular formula is C15H17Cl2F2N5.